The number of nitrogens with zero attached hydrogens (tertiary/aromatic N) is 2. The normalized spacial score (nSPS) is 16.9. The van der Waals surface area contributed by atoms with E-state index in [1.165, 1.54) is 43.0 Å². The zero-order chi connectivity index (χ0) is 33.6. The molecule has 3 aliphatic rings. The Balaban J connectivity index is 1.09. The van der Waals surface area contributed by atoms with E-state index in [4.69, 9.17) is 18.9 Å². The van der Waals surface area contributed by atoms with Crippen LogP contribution in [0.3, 0.4) is 0 Å². The average molecular weight is 811 g/mol. The summed E-state index contributed by atoms with van der Waals surface area (Å²) in [6, 6.07) is 35.4. The zero-order valence-electron chi connectivity index (χ0n) is 27.7. The van der Waals surface area contributed by atoms with Gasteiger partial charge in [-0.25, -0.2) is 0 Å². The van der Waals surface area contributed by atoms with Crippen molar-refractivity contribution in [2.45, 2.75) is 26.4 Å². The van der Waals surface area contributed by atoms with Crippen molar-refractivity contribution in [3.63, 3.8) is 0 Å². The Kier molecular flexibility index (Phi) is 8.90. The molecule has 2 saturated heterocycles. The van der Waals surface area contributed by atoms with E-state index in [0.717, 1.165) is 28.2 Å². The Morgan fingerprint density at radius 3 is 1.68 bits per heavy atom. The van der Waals surface area contributed by atoms with Crippen LogP contribution in [0.4, 0.5) is 27.1 Å². The largest absolute Gasteiger partial charge is 0.346 e. The Morgan fingerprint density at radius 1 is 0.600 bits per heavy atom. The lowest BCUT2D eigenvalue weighted by molar-refractivity contribution is -0.0443. The van der Waals surface area contributed by atoms with Gasteiger partial charge in [0.05, 0.1) is 30.1 Å². The fourth-order valence-electron chi connectivity index (χ4n) is 6.55. The van der Waals surface area contributed by atoms with Crippen molar-refractivity contribution in [2.75, 3.05) is 36.2 Å². The molecule has 9 heteroatoms. The lowest BCUT2D eigenvalue weighted by Gasteiger charge is -2.25. The van der Waals surface area contributed by atoms with Crippen LogP contribution in [0.25, 0.3) is 20.2 Å². The average Bonchev–Trinajstić information content (AvgIpc) is 3.96. The van der Waals surface area contributed by atoms with Gasteiger partial charge in [-0.15, -0.1) is 22.7 Å². The van der Waals surface area contributed by atoms with Crippen LogP contribution < -0.4 is 9.80 Å². The monoisotopic (exact) mass is 810 g/mol. The van der Waals surface area contributed by atoms with Crippen molar-refractivity contribution in [3.05, 3.63) is 136 Å². The fraction of sp³-hybridized carbons (Fsp3) is 0.195. The van der Waals surface area contributed by atoms with E-state index in [0.29, 0.717) is 26.4 Å². The molecular weight excluding hydrogens is 775 g/mol. The van der Waals surface area contributed by atoms with Crippen LogP contribution in [-0.4, -0.2) is 30.1 Å². The van der Waals surface area contributed by atoms with Gasteiger partial charge in [-0.2, -0.15) is 0 Å². The Bertz CT molecular complexity index is 2230. The van der Waals surface area contributed by atoms with Gasteiger partial charge in [-0.1, -0.05) is 69.3 Å². The topological polar surface area (TPSA) is 43.4 Å². The van der Waals surface area contributed by atoms with Crippen LogP contribution >= 0.6 is 43.4 Å². The summed E-state index contributed by atoms with van der Waals surface area (Å²) in [6.07, 6.45) is 6.15. The molecule has 50 heavy (non-hydrogen) atoms. The number of aryl methyl sites for hydroxylation is 1. The van der Waals surface area contributed by atoms with Gasteiger partial charge in [0.15, 0.2) is 12.6 Å². The maximum atomic E-state index is 5.76. The van der Waals surface area contributed by atoms with Gasteiger partial charge < -0.3 is 23.8 Å². The molecular formula is C41H35IN2O4S2. The number of ether oxygens (including phenoxy) is 4. The van der Waals surface area contributed by atoms with Crippen LogP contribution in [0.1, 0.15) is 36.2 Å². The van der Waals surface area contributed by atoms with Crippen molar-refractivity contribution in [2.24, 2.45) is 0 Å². The number of rotatable bonds is 8. The highest BCUT2D eigenvalue weighted by Crippen LogP contribution is 2.46. The SMILES string of the molecule is CC1=CC=CC(N(c2ccc(C3OCCO3)cc2)c2cc3cc4sc(N(c5ccc(C6OCCO6)cc5)c5cccc(C)c5)cc4cc3s2)=I1. The number of thiophene rings is 2. The summed E-state index contributed by atoms with van der Waals surface area (Å²) in [5.74, 6) is 0. The predicted molar refractivity (Wildman–Crippen MR) is 216 cm³/mol. The molecule has 0 saturated carbocycles. The molecule has 0 bridgehead atoms. The number of allylic oxidation sites excluding steroid dienone is 3. The lowest BCUT2D eigenvalue weighted by atomic mass is 10.1. The quantitative estimate of drug-likeness (QED) is 0.143. The highest BCUT2D eigenvalue weighted by atomic mass is 127. The van der Waals surface area contributed by atoms with E-state index in [9.17, 15) is 0 Å². The third kappa shape index (κ3) is 6.36. The molecule has 5 heterocycles. The molecule has 0 amide bonds. The standard InChI is InChI=1S/C41H35IN2O4S2/c1-26-5-3-7-34(21-26)43(32-13-9-28(10-14-32)40-45-17-18-46-40)38-24-30-22-36-31(23-35(30)49-38)25-39(50-36)44(37-8-4-6-27(2)42-37)33-15-11-29(12-16-33)41-47-19-20-48-41/h3-16,21-25,40-41H,17-20H2,1-2H3. The molecule has 2 aromatic heterocycles. The summed E-state index contributed by atoms with van der Waals surface area (Å²) < 4.78 is 28.4. The molecule has 0 spiro atoms. The number of anilines is 5. The smallest absolute Gasteiger partial charge is 0.184 e. The van der Waals surface area contributed by atoms with Crippen molar-refractivity contribution < 1.29 is 18.9 Å². The number of benzene rings is 4. The first kappa shape index (κ1) is 32.2. The number of halogens is 1. The first-order valence-electron chi connectivity index (χ1n) is 16.7. The highest BCUT2D eigenvalue weighted by Gasteiger charge is 2.23. The van der Waals surface area contributed by atoms with Crippen LogP contribution in [0.15, 0.2) is 119 Å². The van der Waals surface area contributed by atoms with E-state index in [2.05, 4.69) is 139 Å². The summed E-state index contributed by atoms with van der Waals surface area (Å²) in [6.45, 7) is 6.94. The summed E-state index contributed by atoms with van der Waals surface area (Å²) in [4.78, 5) is 4.81. The van der Waals surface area contributed by atoms with Crippen molar-refractivity contribution >= 4 is 94.3 Å². The van der Waals surface area contributed by atoms with Crippen molar-refractivity contribution in [1.82, 2.24) is 0 Å². The van der Waals surface area contributed by atoms with Gasteiger partial charge in [0.25, 0.3) is 0 Å². The van der Waals surface area contributed by atoms with E-state index in [-0.39, 0.29) is 33.3 Å². The van der Waals surface area contributed by atoms with Gasteiger partial charge in [-0.3, -0.25) is 4.90 Å². The molecule has 4 aromatic carbocycles. The second-order valence-corrected chi connectivity index (χ2v) is 17.9. The first-order valence-corrected chi connectivity index (χ1v) is 20.5. The van der Waals surface area contributed by atoms with E-state index < -0.39 is 0 Å². The van der Waals surface area contributed by atoms with Crippen molar-refractivity contribution in [3.8, 4) is 0 Å². The van der Waals surface area contributed by atoms with Crippen LogP contribution in [0.5, 0.6) is 0 Å². The zero-order valence-corrected chi connectivity index (χ0v) is 31.5. The van der Waals surface area contributed by atoms with Gasteiger partial charge in [0.1, 0.15) is 10.0 Å². The van der Waals surface area contributed by atoms with Crippen LogP contribution in [0, 0.1) is 6.92 Å². The minimum absolute atomic E-state index is 0.276. The van der Waals surface area contributed by atoms with Gasteiger partial charge in [-0.05, 0) is 101 Å². The second kappa shape index (κ2) is 13.8. The first-order chi connectivity index (χ1) is 24.6. The van der Waals surface area contributed by atoms with Gasteiger partial charge in [0.2, 0.25) is 0 Å². The Morgan fingerprint density at radius 2 is 1.14 bits per heavy atom. The molecule has 3 aliphatic heterocycles. The molecule has 6 aromatic rings. The minimum atomic E-state index is -0.287. The van der Waals surface area contributed by atoms with Crippen LogP contribution in [0.2, 0.25) is 0 Å². The van der Waals surface area contributed by atoms with Crippen molar-refractivity contribution in [1.29, 1.82) is 0 Å². The molecule has 0 N–H and O–H groups in total. The molecule has 0 unspecified atom stereocenters. The number of fused-ring (bicyclic) bond motifs is 2. The third-order valence-electron chi connectivity index (χ3n) is 8.94. The molecule has 0 aliphatic carbocycles. The molecule has 0 radical (unpaired) electrons. The Hall–Kier alpha value is -3.68. The maximum Gasteiger partial charge on any atom is 0.184 e. The molecule has 0 atom stereocenters. The number of hydrogen-bond donors (Lipinski definition) is 0. The summed E-state index contributed by atoms with van der Waals surface area (Å²) in [5.41, 5.74) is 6.72. The summed E-state index contributed by atoms with van der Waals surface area (Å²) in [5, 5.41) is 4.91. The summed E-state index contributed by atoms with van der Waals surface area (Å²) >= 11 is 3.40. The van der Waals surface area contributed by atoms with E-state index >= 15 is 0 Å². The van der Waals surface area contributed by atoms with Gasteiger partial charge in [0, 0.05) is 37.6 Å². The van der Waals surface area contributed by atoms with E-state index in [1.54, 1.807) is 0 Å². The van der Waals surface area contributed by atoms with E-state index in [1.807, 2.05) is 22.7 Å². The molecule has 6 nitrogen and oxygen atoms in total. The molecule has 252 valence electrons. The third-order valence-corrected chi connectivity index (χ3v) is 13.7. The highest BCUT2D eigenvalue weighted by molar-refractivity contribution is 14.2. The summed E-state index contributed by atoms with van der Waals surface area (Å²) in [7, 11) is 0. The lowest BCUT2D eigenvalue weighted by Crippen LogP contribution is -2.22. The fourth-order valence-corrected chi connectivity index (χ4v) is 11.4. The predicted octanol–water partition coefficient (Wildman–Crippen LogP) is 11.7. The minimum Gasteiger partial charge on any atom is -0.346 e. The Labute approximate surface area is 309 Å². The number of hydrogen-bond acceptors (Lipinski definition) is 8. The van der Waals surface area contributed by atoms with Gasteiger partial charge >= 0.3 is 0 Å². The molecule has 9 rings (SSSR count). The second-order valence-electron chi connectivity index (χ2n) is 12.5. The maximum absolute atomic E-state index is 5.76. The molecule has 2 fully saturated rings. The van der Waals surface area contributed by atoms with Crippen LogP contribution in [-0.2, 0) is 18.9 Å².